The van der Waals surface area contributed by atoms with Crippen LogP contribution in [0.25, 0.3) is 0 Å². The summed E-state index contributed by atoms with van der Waals surface area (Å²) in [5.74, 6) is -0.331. The van der Waals surface area contributed by atoms with E-state index in [2.05, 4.69) is 10.6 Å². The van der Waals surface area contributed by atoms with Crippen LogP contribution in [0.1, 0.15) is 12.2 Å². The van der Waals surface area contributed by atoms with Crippen molar-refractivity contribution in [3.8, 4) is 0 Å². The molecule has 2 heterocycles. The van der Waals surface area contributed by atoms with Gasteiger partial charge in [0.05, 0.1) is 6.26 Å². The van der Waals surface area contributed by atoms with Crippen LogP contribution in [0.3, 0.4) is 0 Å². The van der Waals surface area contributed by atoms with Gasteiger partial charge >= 0.3 is 6.18 Å². The smallest absolute Gasteiger partial charge is 0.404 e. The van der Waals surface area contributed by atoms with Gasteiger partial charge in [0, 0.05) is 19.5 Å². The van der Waals surface area contributed by atoms with Crippen molar-refractivity contribution in [1.29, 1.82) is 0 Å². The zero-order chi connectivity index (χ0) is 13.9. The standard InChI is InChI=1S/C12H15F3N2O2/c13-12(14,15)11(4-6-16-8-11)10(18)17-5-3-9-2-1-7-19-9/h1-2,7,16H,3-6,8H2,(H,17,18). The normalized spacial score (nSPS) is 23.5. The van der Waals surface area contributed by atoms with Crippen LogP contribution >= 0.6 is 0 Å². The number of hydrogen-bond donors (Lipinski definition) is 2. The maximum absolute atomic E-state index is 13.0. The minimum atomic E-state index is -4.54. The molecule has 1 atom stereocenters. The van der Waals surface area contributed by atoms with Crippen molar-refractivity contribution in [1.82, 2.24) is 10.6 Å². The van der Waals surface area contributed by atoms with Crippen molar-refractivity contribution in [3.05, 3.63) is 24.2 Å². The summed E-state index contributed by atoms with van der Waals surface area (Å²) in [7, 11) is 0. The average molecular weight is 276 g/mol. The number of nitrogens with one attached hydrogen (secondary N) is 2. The minimum absolute atomic E-state index is 0.129. The molecule has 19 heavy (non-hydrogen) atoms. The number of furan rings is 1. The third kappa shape index (κ3) is 2.75. The fraction of sp³-hybridized carbons (Fsp3) is 0.583. The van der Waals surface area contributed by atoms with E-state index in [1.807, 2.05) is 0 Å². The zero-order valence-electron chi connectivity index (χ0n) is 10.2. The Morgan fingerprint density at radius 1 is 1.53 bits per heavy atom. The van der Waals surface area contributed by atoms with Crippen LogP contribution in [0.15, 0.2) is 22.8 Å². The van der Waals surface area contributed by atoms with Gasteiger partial charge in [0.2, 0.25) is 5.91 Å². The first-order chi connectivity index (χ1) is 8.96. The van der Waals surface area contributed by atoms with E-state index in [0.717, 1.165) is 0 Å². The molecule has 0 aliphatic carbocycles. The highest BCUT2D eigenvalue weighted by molar-refractivity contribution is 5.84. The lowest BCUT2D eigenvalue weighted by molar-refractivity contribution is -0.215. The number of rotatable bonds is 4. The van der Waals surface area contributed by atoms with E-state index in [1.165, 1.54) is 6.26 Å². The maximum Gasteiger partial charge on any atom is 0.404 e. The second-order valence-corrected chi connectivity index (χ2v) is 4.59. The third-order valence-corrected chi connectivity index (χ3v) is 3.37. The molecule has 1 aromatic heterocycles. The Hall–Kier alpha value is -1.50. The highest BCUT2D eigenvalue weighted by Crippen LogP contribution is 2.43. The zero-order valence-corrected chi connectivity index (χ0v) is 10.2. The quantitative estimate of drug-likeness (QED) is 0.876. The summed E-state index contributed by atoms with van der Waals surface area (Å²) in [5.41, 5.74) is -2.30. The van der Waals surface area contributed by atoms with Crippen molar-refractivity contribution in [2.45, 2.75) is 19.0 Å². The number of carbonyl (C=O) groups is 1. The number of amides is 1. The number of hydrogen-bond acceptors (Lipinski definition) is 3. The highest BCUT2D eigenvalue weighted by Gasteiger charge is 2.61. The maximum atomic E-state index is 13.0. The fourth-order valence-electron chi connectivity index (χ4n) is 2.18. The van der Waals surface area contributed by atoms with Gasteiger partial charge in [0.15, 0.2) is 5.41 Å². The summed E-state index contributed by atoms with van der Waals surface area (Å²) in [5, 5.41) is 4.96. The van der Waals surface area contributed by atoms with E-state index >= 15 is 0 Å². The van der Waals surface area contributed by atoms with Crippen molar-refractivity contribution >= 4 is 5.91 Å². The van der Waals surface area contributed by atoms with Crippen LogP contribution in [0.2, 0.25) is 0 Å². The van der Waals surface area contributed by atoms with E-state index in [-0.39, 0.29) is 26.1 Å². The predicted octanol–water partition coefficient (Wildman–Crippen LogP) is 1.48. The Morgan fingerprint density at radius 2 is 2.32 bits per heavy atom. The monoisotopic (exact) mass is 276 g/mol. The van der Waals surface area contributed by atoms with Crippen LogP contribution in [-0.4, -0.2) is 31.7 Å². The predicted molar refractivity (Wildman–Crippen MR) is 61.4 cm³/mol. The number of halogens is 3. The van der Waals surface area contributed by atoms with Crippen LogP contribution in [-0.2, 0) is 11.2 Å². The molecule has 7 heteroatoms. The second-order valence-electron chi connectivity index (χ2n) is 4.59. The molecule has 1 fully saturated rings. The Morgan fingerprint density at radius 3 is 2.84 bits per heavy atom. The van der Waals surface area contributed by atoms with Gasteiger partial charge in [-0.05, 0) is 25.1 Å². The molecule has 0 saturated carbocycles. The Labute approximate surface area is 108 Å². The molecule has 2 N–H and O–H groups in total. The van der Waals surface area contributed by atoms with Gasteiger partial charge in [-0.1, -0.05) is 0 Å². The lowest BCUT2D eigenvalue weighted by atomic mass is 9.85. The van der Waals surface area contributed by atoms with E-state index in [0.29, 0.717) is 12.2 Å². The molecule has 0 radical (unpaired) electrons. The van der Waals surface area contributed by atoms with E-state index in [1.54, 1.807) is 12.1 Å². The second kappa shape index (κ2) is 5.24. The van der Waals surface area contributed by atoms with Gasteiger partial charge in [-0.15, -0.1) is 0 Å². The Bertz CT molecular complexity index is 423. The SMILES string of the molecule is O=C(NCCc1ccco1)C1(C(F)(F)F)CCNC1. The topological polar surface area (TPSA) is 54.3 Å². The molecule has 1 aliphatic rings. The molecule has 4 nitrogen and oxygen atoms in total. The summed E-state index contributed by atoms with van der Waals surface area (Å²) in [6, 6.07) is 3.40. The van der Waals surface area contributed by atoms with Gasteiger partial charge in [-0.3, -0.25) is 4.79 Å². The molecule has 1 aliphatic heterocycles. The molecule has 1 aromatic rings. The highest BCUT2D eigenvalue weighted by atomic mass is 19.4. The van der Waals surface area contributed by atoms with Crippen LogP contribution < -0.4 is 10.6 Å². The molecular weight excluding hydrogens is 261 g/mol. The van der Waals surface area contributed by atoms with Crippen LogP contribution in [0.4, 0.5) is 13.2 Å². The molecule has 106 valence electrons. The summed E-state index contributed by atoms with van der Waals surface area (Å²) >= 11 is 0. The first-order valence-corrected chi connectivity index (χ1v) is 6.04. The van der Waals surface area contributed by atoms with Gasteiger partial charge in [-0.25, -0.2) is 0 Å². The molecule has 2 rings (SSSR count). The summed E-state index contributed by atoms with van der Waals surface area (Å²) in [6.07, 6.45) is -2.90. The van der Waals surface area contributed by atoms with Crippen molar-refractivity contribution < 1.29 is 22.4 Å². The molecule has 1 saturated heterocycles. The number of alkyl halides is 3. The van der Waals surface area contributed by atoms with E-state index < -0.39 is 17.5 Å². The molecule has 0 spiro atoms. The van der Waals surface area contributed by atoms with E-state index in [9.17, 15) is 18.0 Å². The first-order valence-electron chi connectivity index (χ1n) is 6.04. The van der Waals surface area contributed by atoms with Crippen molar-refractivity contribution in [3.63, 3.8) is 0 Å². The summed E-state index contributed by atoms with van der Waals surface area (Å²) in [4.78, 5) is 11.8. The van der Waals surface area contributed by atoms with Crippen molar-refractivity contribution in [2.24, 2.45) is 5.41 Å². The van der Waals surface area contributed by atoms with Gasteiger partial charge < -0.3 is 15.1 Å². The minimum Gasteiger partial charge on any atom is -0.469 e. The van der Waals surface area contributed by atoms with Gasteiger partial charge in [-0.2, -0.15) is 13.2 Å². The van der Waals surface area contributed by atoms with Crippen molar-refractivity contribution in [2.75, 3.05) is 19.6 Å². The molecule has 0 aromatic carbocycles. The Kier molecular flexibility index (Phi) is 3.84. The van der Waals surface area contributed by atoms with Crippen LogP contribution in [0.5, 0.6) is 0 Å². The fourth-order valence-corrected chi connectivity index (χ4v) is 2.18. The van der Waals surface area contributed by atoms with Crippen LogP contribution in [0, 0.1) is 5.41 Å². The first kappa shape index (κ1) is 13.9. The van der Waals surface area contributed by atoms with E-state index in [4.69, 9.17) is 4.42 Å². The summed E-state index contributed by atoms with van der Waals surface area (Å²) < 4.78 is 44.2. The summed E-state index contributed by atoms with van der Waals surface area (Å²) in [6.45, 7) is -0.0294. The Balaban J connectivity index is 1.93. The lowest BCUT2D eigenvalue weighted by Crippen LogP contribution is -2.52. The van der Waals surface area contributed by atoms with Gasteiger partial charge in [0.1, 0.15) is 5.76 Å². The third-order valence-electron chi connectivity index (χ3n) is 3.37. The average Bonchev–Trinajstić information content (AvgIpc) is 2.99. The van der Waals surface area contributed by atoms with Gasteiger partial charge in [0.25, 0.3) is 0 Å². The lowest BCUT2D eigenvalue weighted by Gasteiger charge is -2.29. The molecule has 1 amide bonds. The largest absolute Gasteiger partial charge is 0.469 e. The molecular formula is C12H15F3N2O2. The number of carbonyl (C=O) groups excluding carboxylic acids is 1. The molecule has 1 unspecified atom stereocenters. The molecule has 0 bridgehead atoms.